The molecule has 3 heteroatoms. The number of nitrogens with zero attached hydrogens (tertiary/aromatic N) is 2. The van der Waals surface area contributed by atoms with Gasteiger partial charge in [0.05, 0.1) is 0 Å². The summed E-state index contributed by atoms with van der Waals surface area (Å²) in [7, 11) is 1.87. The van der Waals surface area contributed by atoms with Crippen LogP contribution in [0.3, 0.4) is 0 Å². The number of hydrogen-bond acceptors (Lipinski definition) is 2. The lowest BCUT2D eigenvalue weighted by molar-refractivity contribution is 0.380. The van der Waals surface area contributed by atoms with Crippen molar-refractivity contribution in [2.24, 2.45) is 21.9 Å². The highest BCUT2D eigenvalue weighted by atomic mass is 15.3. The molecular weight excluding hydrogens is 186 g/mol. The Labute approximate surface area is 92.1 Å². The number of aliphatic imine (C=N–C) groups is 1. The molecule has 0 amide bonds. The molecule has 0 saturated heterocycles. The minimum Gasteiger partial charge on any atom is -0.274 e. The number of hydrogen-bond donors (Lipinski definition) is 1. The zero-order chi connectivity index (χ0) is 10.7. The maximum absolute atomic E-state index is 4.37. The molecule has 0 aromatic heterocycles. The van der Waals surface area contributed by atoms with Crippen LogP contribution in [0.15, 0.2) is 10.1 Å². The van der Waals surface area contributed by atoms with Crippen LogP contribution in [-0.4, -0.2) is 18.6 Å². The highest BCUT2D eigenvalue weighted by molar-refractivity contribution is 5.96. The SMILES string of the molecule is CN=C1NN=C(C)C2CCCCCCC12. The Hall–Kier alpha value is -0.860. The largest absolute Gasteiger partial charge is 0.274 e. The summed E-state index contributed by atoms with van der Waals surface area (Å²) in [4.78, 5) is 4.34. The molecule has 0 spiro atoms. The zero-order valence-electron chi connectivity index (χ0n) is 9.79. The summed E-state index contributed by atoms with van der Waals surface area (Å²) in [6.45, 7) is 2.15. The van der Waals surface area contributed by atoms with Crippen molar-refractivity contribution in [2.75, 3.05) is 7.05 Å². The van der Waals surface area contributed by atoms with E-state index in [2.05, 4.69) is 22.4 Å². The lowest BCUT2D eigenvalue weighted by atomic mass is 9.78. The first-order valence-electron chi connectivity index (χ1n) is 6.10. The van der Waals surface area contributed by atoms with Gasteiger partial charge in [-0.25, -0.2) is 0 Å². The minimum absolute atomic E-state index is 0.604. The molecule has 1 heterocycles. The molecule has 2 rings (SSSR count). The molecular formula is C12H21N3. The Morgan fingerprint density at radius 2 is 1.80 bits per heavy atom. The van der Waals surface area contributed by atoms with E-state index in [9.17, 15) is 0 Å². The summed E-state index contributed by atoms with van der Waals surface area (Å²) >= 11 is 0. The second-order valence-corrected chi connectivity index (χ2v) is 4.68. The van der Waals surface area contributed by atoms with Crippen molar-refractivity contribution >= 4 is 11.5 Å². The van der Waals surface area contributed by atoms with E-state index in [0.29, 0.717) is 11.8 Å². The van der Waals surface area contributed by atoms with Gasteiger partial charge in [-0.3, -0.25) is 10.4 Å². The van der Waals surface area contributed by atoms with Crippen molar-refractivity contribution < 1.29 is 0 Å². The Bertz CT molecular complexity index is 281. The molecule has 0 bridgehead atoms. The van der Waals surface area contributed by atoms with Gasteiger partial charge in [0.15, 0.2) is 0 Å². The van der Waals surface area contributed by atoms with Crippen LogP contribution in [0, 0.1) is 11.8 Å². The lowest BCUT2D eigenvalue weighted by Gasteiger charge is -2.33. The highest BCUT2D eigenvalue weighted by Crippen LogP contribution is 2.31. The van der Waals surface area contributed by atoms with E-state index in [-0.39, 0.29) is 0 Å². The van der Waals surface area contributed by atoms with Crippen molar-refractivity contribution in [1.82, 2.24) is 5.43 Å². The van der Waals surface area contributed by atoms with Gasteiger partial charge in [-0.05, 0) is 19.8 Å². The molecule has 1 saturated carbocycles. The van der Waals surface area contributed by atoms with Gasteiger partial charge in [-0.15, -0.1) is 0 Å². The van der Waals surface area contributed by atoms with Gasteiger partial charge in [0, 0.05) is 24.6 Å². The summed E-state index contributed by atoms with van der Waals surface area (Å²) in [5.74, 6) is 2.35. The van der Waals surface area contributed by atoms with E-state index in [1.807, 2.05) is 7.05 Å². The fourth-order valence-electron chi connectivity index (χ4n) is 2.84. The first-order chi connectivity index (χ1) is 7.33. The van der Waals surface area contributed by atoms with Crippen LogP contribution in [0.4, 0.5) is 0 Å². The van der Waals surface area contributed by atoms with Gasteiger partial charge in [0.25, 0.3) is 0 Å². The fourth-order valence-corrected chi connectivity index (χ4v) is 2.84. The second-order valence-electron chi connectivity index (χ2n) is 4.68. The molecule has 84 valence electrons. The summed E-state index contributed by atoms with van der Waals surface area (Å²) in [5, 5.41) is 4.37. The molecule has 1 N–H and O–H groups in total. The van der Waals surface area contributed by atoms with Gasteiger partial charge < -0.3 is 0 Å². The Balaban J connectivity index is 2.19. The molecule has 0 aromatic rings. The molecule has 0 radical (unpaired) electrons. The quantitative estimate of drug-likeness (QED) is 0.651. The molecule has 15 heavy (non-hydrogen) atoms. The molecule has 2 atom stereocenters. The van der Waals surface area contributed by atoms with E-state index in [0.717, 1.165) is 5.84 Å². The topological polar surface area (TPSA) is 36.8 Å². The number of rotatable bonds is 0. The fraction of sp³-hybridized carbons (Fsp3) is 0.833. The maximum Gasteiger partial charge on any atom is 0.120 e. The van der Waals surface area contributed by atoms with Crippen LogP contribution in [0.2, 0.25) is 0 Å². The summed E-state index contributed by atoms with van der Waals surface area (Å²) in [5.41, 5.74) is 4.38. The van der Waals surface area contributed by atoms with Crippen molar-refractivity contribution in [1.29, 1.82) is 0 Å². The number of fused-ring (bicyclic) bond motifs is 1. The van der Waals surface area contributed by atoms with Crippen LogP contribution >= 0.6 is 0 Å². The Morgan fingerprint density at radius 1 is 1.13 bits per heavy atom. The van der Waals surface area contributed by atoms with E-state index < -0.39 is 0 Å². The smallest absolute Gasteiger partial charge is 0.120 e. The van der Waals surface area contributed by atoms with Crippen LogP contribution in [-0.2, 0) is 0 Å². The molecule has 3 nitrogen and oxygen atoms in total. The second kappa shape index (κ2) is 4.77. The predicted octanol–water partition coefficient (Wildman–Crippen LogP) is 2.58. The molecule has 1 fully saturated rings. The van der Waals surface area contributed by atoms with Crippen molar-refractivity contribution in [3.63, 3.8) is 0 Å². The van der Waals surface area contributed by atoms with E-state index in [4.69, 9.17) is 0 Å². The monoisotopic (exact) mass is 207 g/mol. The van der Waals surface area contributed by atoms with Crippen molar-refractivity contribution in [2.45, 2.75) is 45.4 Å². The normalized spacial score (nSPS) is 34.8. The average Bonchev–Trinajstić information content (AvgIpc) is 2.20. The first kappa shape index (κ1) is 10.7. The van der Waals surface area contributed by atoms with Crippen LogP contribution in [0.25, 0.3) is 0 Å². The third-order valence-corrected chi connectivity index (χ3v) is 3.74. The molecule has 0 aromatic carbocycles. The van der Waals surface area contributed by atoms with Crippen LogP contribution < -0.4 is 5.43 Å². The zero-order valence-corrected chi connectivity index (χ0v) is 9.79. The van der Waals surface area contributed by atoms with Gasteiger partial charge in [0.2, 0.25) is 0 Å². The van der Waals surface area contributed by atoms with E-state index in [1.54, 1.807) is 0 Å². The lowest BCUT2D eigenvalue weighted by Crippen LogP contribution is -2.41. The maximum atomic E-state index is 4.37. The number of nitrogens with one attached hydrogen (secondary N) is 1. The standard InChI is InChI=1S/C12H21N3/c1-9-10-7-5-3-4-6-8-11(10)12(13-2)15-14-9/h10-11H,3-8H2,1-2H3,(H,13,15). The van der Waals surface area contributed by atoms with Gasteiger partial charge >= 0.3 is 0 Å². The van der Waals surface area contributed by atoms with Gasteiger partial charge in [-0.1, -0.05) is 25.7 Å². The molecule has 1 aliphatic heterocycles. The summed E-state index contributed by atoms with van der Waals surface area (Å²) in [6.07, 6.45) is 8.04. The molecule has 1 aliphatic carbocycles. The molecule has 2 aliphatic rings. The third-order valence-electron chi connectivity index (χ3n) is 3.74. The summed E-state index contributed by atoms with van der Waals surface area (Å²) < 4.78 is 0. The third kappa shape index (κ3) is 2.21. The van der Waals surface area contributed by atoms with Crippen LogP contribution in [0.1, 0.15) is 45.4 Å². The molecule has 2 unspecified atom stereocenters. The van der Waals surface area contributed by atoms with Crippen molar-refractivity contribution in [3.8, 4) is 0 Å². The highest BCUT2D eigenvalue weighted by Gasteiger charge is 2.31. The summed E-state index contributed by atoms with van der Waals surface area (Å²) in [6, 6.07) is 0. The average molecular weight is 207 g/mol. The van der Waals surface area contributed by atoms with Gasteiger partial charge in [0.1, 0.15) is 5.84 Å². The number of amidine groups is 1. The minimum atomic E-state index is 0.604. The van der Waals surface area contributed by atoms with Crippen molar-refractivity contribution in [3.05, 3.63) is 0 Å². The van der Waals surface area contributed by atoms with E-state index in [1.165, 1.54) is 44.2 Å². The first-order valence-corrected chi connectivity index (χ1v) is 6.10. The Kier molecular flexibility index (Phi) is 3.39. The Morgan fingerprint density at radius 3 is 2.47 bits per heavy atom. The van der Waals surface area contributed by atoms with E-state index >= 15 is 0 Å². The predicted molar refractivity (Wildman–Crippen MR) is 64.3 cm³/mol. The van der Waals surface area contributed by atoms with Gasteiger partial charge in [-0.2, -0.15) is 5.10 Å². The number of hydrazone groups is 1. The van der Waals surface area contributed by atoms with Crippen LogP contribution in [0.5, 0.6) is 0 Å².